The van der Waals surface area contributed by atoms with Gasteiger partial charge < -0.3 is 94.8 Å². The molecule has 5 aliphatic carbocycles. The Morgan fingerprint density at radius 2 is 1.18 bits per heavy atom. The molecule has 19 heteroatoms. The molecular weight excluding hydrogens is 881 g/mol. The van der Waals surface area contributed by atoms with E-state index in [0.717, 1.165) is 18.4 Å². The zero-order valence-electron chi connectivity index (χ0n) is 40.0. The first-order valence-electron chi connectivity index (χ1n) is 24.5. The molecule has 0 aromatic heterocycles. The molecule has 0 spiro atoms. The lowest BCUT2D eigenvalue weighted by Gasteiger charge is -2.72. The van der Waals surface area contributed by atoms with Crippen molar-refractivity contribution in [2.75, 3.05) is 26.4 Å². The second kappa shape index (κ2) is 18.5. The lowest BCUT2D eigenvalue weighted by molar-refractivity contribution is -0.398. The predicted octanol–water partition coefficient (Wildman–Crippen LogP) is -1.44. The van der Waals surface area contributed by atoms with E-state index in [-0.39, 0.29) is 36.4 Å². The maximum Gasteiger partial charge on any atom is 0.187 e. The fourth-order valence-electron chi connectivity index (χ4n) is 15.3. The fourth-order valence-corrected chi connectivity index (χ4v) is 15.3. The molecule has 7 fully saturated rings. The summed E-state index contributed by atoms with van der Waals surface area (Å²) in [4.78, 5) is 0. The van der Waals surface area contributed by atoms with Crippen molar-refractivity contribution in [2.24, 2.45) is 50.2 Å². The van der Waals surface area contributed by atoms with Crippen LogP contribution in [-0.4, -0.2) is 203 Å². The molecule has 4 saturated carbocycles. The third-order valence-corrected chi connectivity index (χ3v) is 19.5. The Balaban J connectivity index is 1.12. The average molecular weight is 961 g/mol. The Bertz CT molecular complexity index is 1790. The third kappa shape index (κ3) is 8.05. The summed E-state index contributed by atoms with van der Waals surface area (Å²) in [5.74, 6) is -0.654. The molecule has 0 bridgehead atoms. The lowest BCUT2D eigenvalue weighted by Crippen LogP contribution is -2.70. The van der Waals surface area contributed by atoms with Crippen LogP contribution in [0.1, 0.15) is 99.8 Å². The number of rotatable bonds is 10. The Morgan fingerprint density at radius 1 is 0.597 bits per heavy atom. The van der Waals surface area contributed by atoms with E-state index in [1.54, 1.807) is 0 Å². The maximum absolute atomic E-state index is 12.6. The Kier molecular flexibility index (Phi) is 14.4. The summed E-state index contributed by atoms with van der Waals surface area (Å²) < 4.78 is 37.1. The van der Waals surface area contributed by atoms with E-state index in [4.69, 9.17) is 28.4 Å². The molecule has 8 aliphatic rings. The highest BCUT2D eigenvalue weighted by Gasteiger charge is 2.72. The summed E-state index contributed by atoms with van der Waals surface area (Å²) in [5.41, 5.74) is -2.16. The van der Waals surface area contributed by atoms with Crippen molar-refractivity contribution in [3.05, 3.63) is 11.6 Å². The lowest BCUT2D eigenvalue weighted by atomic mass is 9.33. The van der Waals surface area contributed by atoms with Gasteiger partial charge in [-0.15, -0.1) is 0 Å². The topological polar surface area (TPSA) is 318 Å². The molecule has 0 aromatic rings. The number of hydrogen-bond acceptors (Lipinski definition) is 19. The van der Waals surface area contributed by atoms with Crippen molar-refractivity contribution in [3.8, 4) is 0 Å². The van der Waals surface area contributed by atoms with Crippen LogP contribution in [0.25, 0.3) is 0 Å². The normalized spacial score (nSPS) is 56.5. The highest BCUT2D eigenvalue weighted by Crippen LogP contribution is 2.76. The van der Waals surface area contributed by atoms with Crippen LogP contribution in [0.2, 0.25) is 0 Å². The van der Waals surface area contributed by atoms with Crippen molar-refractivity contribution in [2.45, 2.75) is 210 Å². The van der Waals surface area contributed by atoms with Gasteiger partial charge in [0.1, 0.15) is 67.1 Å². The summed E-state index contributed by atoms with van der Waals surface area (Å²) in [6.45, 7) is 12.6. The van der Waals surface area contributed by atoms with Gasteiger partial charge in [0, 0.05) is 16.7 Å². The Morgan fingerprint density at radius 3 is 1.73 bits per heavy atom. The van der Waals surface area contributed by atoms with E-state index < -0.39 is 151 Å². The van der Waals surface area contributed by atoms with Crippen molar-refractivity contribution < 1.29 is 94.8 Å². The van der Waals surface area contributed by atoms with Crippen LogP contribution < -0.4 is 0 Å². The minimum absolute atomic E-state index is 0.0152. The van der Waals surface area contributed by atoms with Gasteiger partial charge in [-0.2, -0.15) is 0 Å². The van der Waals surface area contributed by atoms with Crippen LogP contribution in [-0.2, 0) is 28.4 Å². The molecule has 19 nitrogen and oxygen atoms in total. The van der Waals surface area contributed by atoms with E-state index in [2.05, 4.69) is 34.6 Å². The average Bonchev–Trinajstić information content (AvgIpc) is 3.28. The van der Waals surface area contributed by atoms with Gasteiger partial charge in [-0.1, -0.05) is 53.2 Å². The van der Waals surface area contributed by atoms with E-state index in [1.807, 2.05) is 13.0 Å². The standard InChI is InChI=1S/C48H80O19/c1-21-30(55)37(66-40-35(60)33(58)31(56)25(17-49)63-40)38(67-41-36(61)34(59)32(57)26(18-50)64-41)42(62-21)65-29-9-10-44(4)27(45(29,5)19-51)8-11-46(6)39(44)24(53)14-22-23-15-43(2,3)12-13-48(23,20-52)28(54)16-47(22,46)7/h14,21,23-42,49-61H,8-13,15-20H2,1-7H3/t21-,23+,24-,25-,26-,27-,28+,29+,30+,31-,32-,33+,34+,35-,36-,37+,38-,39-,40+,41+,42+,44+,45+,46-,47-,48-/m1/s1. The molecule has 13 N–H and O–H groups in total. The highest BCUT2D eigenvalue weighted by atomic mass is 16.8. The molecule has 3 saturated heterocycles. The summed E-state index contributed by atoms with van der Waals surface area (Å²) >= 11 is 0. The fraction of sp³-hybridized carbons (Fsp3) is 0.958. The van der Waals surface area contributed by atoms with Gasteiger partial charge in [0.25, 0.3) is 0 Å². The van der Waals surface area contributed by atoms with E-state index >= 15 is 0 Å². The number of aliphatic hydroxyl groups excluding tert-OH is 13. The minimum atomic E-state index is -1.91. The second-order valence-electron chi connectivity index (χ2n) is 23.6. The predicted molar refractivity (Wildman–Crippen MR) is 233 cm³/mol. The quantitative estimate of drug-likeness (QED) is 0.0881. The number of allylic oxidation sites excluding steroid dienone is 1. The molecule has 386 valence electrons. The van der Waals surface area contributed by atoms with Gasteiger partial charge in [0.2, 0.25) is 0 Å². The van der Waals surface area contributed by atoms with Gasteiger partial charge in [-0.05, 0) is 91.8 Å². The van der Waals surface area contributed by atoms with Crippen LogP contribution in [0, 0.1) is 50.2 Å². The third-order valence-electron chi connectivity index (χ3n) is 19.5. The number of aliphatic hydroxyl groups is 13. The smallest absolute Gasteiger partial charge is 0.187 e. The first-order valence-corrected chi connectivity index (χ1v) is 24.5. The van der Waals surface area contributed by atoms with E-state index in [1.165, 1.54) is 6.92 Å². The van der Waals surface area contributed by atoms with Gasteiger partial charge in [0.15, 0.2) is 18.9 Å². The zero-order chi connectivity index (χ0) is 49.1. The van der Waals surface area contributed by atoms with Gasteiger partial charge >= 0.3 is 0 Å². The Hall–Kier alpha value is -1.02. The number of hydrogen-bond donors (Lipinski definition) is 13. The molecule has 0 aromatic carbocycles. The summed E-state index contributed by atoms with van der Waals surface area (Å²) in [6, 6.07) is 0. The van der Waals surface area contributed by atoms with Gasteiger partial charge in [-0.3, -0.25) is 0 Å². The van der Waals surface area contributed by atoms with Crippen molar-refractivity contribution in [1.82, 2.24) is 0 Å². The van der Waals surface area contributed by atoms with Gasteiger partial charge in [-0.25, -0.2) is 0 Å². The minimum Gasteiger partial charge on any atom is -0.396 e. The van der Waals surface area contributed by atoms with Gasteiger partial charge in [0.05, 0.1) is 50.8 Å². The van der Waals surface area contributed by atoms with Crippen molar-refractivity contribution in [1.29, 1.82) is 0 Å². The molecule has 0 amide bonds. The summed E-state index contributed by atoms with van der Waals surface area (Å²) in [7, 11) is 0. The maximum atomic E-state index is 12.6. The second-order valence-corrected chi connectivity index (χ2v) is 23.6. The SMILES string of the molecule is C[C@H]1O[C@@H](O[C@H]2CC[C@@]3(C)[C@@H](CC[C@]4(C)[C@@H]3[C@H](O)C=C3[C@@H]5CC(C)(C)CC[C@]5(CO)[C@@H](O)C[C@]34C)[C@]2(C)CO)[C@H](O[C@@H]2O[C@H](CO)[C@@H](O)[C@H](O)[C@H]2O)[C@@H](O[C@@H]2O[C@H](CO)[C@@H](O)[C@H](O)[C@H]2O)[C@H]1O. The van der Waals surface area contributed by atoms with Crippen molar-refractivity contribution >= 4 is 0 Å². The number of fused-ring (bicyclic) bond motifs is 7. The highest BCUT2D eigenvalue weighted by molar-refractivity contribution is 5.37. The van der Waals surface area contributed by atoms with Crippen molar-refractivity contribution in [3.63, 3.8) is 0 Å². The first kappa shape index (κ1) is 52.3. The zero-order valence-corrected chi connectivity index (χ0v) is 40.0. The largest absolute Gasteiger partial charge is 0.396 e. The first-order chi connectivity index (χ1) is 31.3. The summed E-state index contributed by atoms with van der Waals surface area (Å²) in [6.07, 6.45) is -20.1. The molecule has 0 unspecified atom stereocenters. The van der Waals surface area contributed by atoms with E-state index in [9.17, 15) is 66.4 Å². The molecular formula is C48H80O19. The van der Waals surface area contributed by atoms with Crippen LogP contribution in [0.3, 0.4) is 0 Å². The molecule has 0 radical (unpaired) electrons. The number of ether oxygens (including phenoxy) is 6. The molecule has 67 heavy (non-hydrogen) atoms. The molecule has 3 heterocycles. The van der Waals surface area contributed by atoms with Crippen LogP contribution in [0.5, 0.6) is 0 Å². The molecule has 8 rings (SSSR count). The summed E-state index contributed by atoms with van der Waals surface area (Å²) in [5, 5.41) is 143. The van der Waals surface area contributed by atoms with Crippen LogP contribution >= 0.6 is 0 Å². The molecule has 26 atom stereocenters. The molecule has 3 aliphatic heterocycles. The monoisotopic (exact) mass is 961 g/mol. The Labute approximate surface area is 392 Å². The van der Waals surface area contributed by atoms with Crippen LogP contribution in [0.4, 0.5) is 0 Å². The van der Waals surface area contributed by atoms with E-state index in [0.29, 0.717) is 38.5 Å². The van der Waals surface area contributed by atoms with Crippen LogP contribution in [0.15, 0.2) is 11.6 Å².